The first-order valence-electron chi connectivity index (χ1n) is 7.21. The lowest BCUT2D eigenvalue weighted by Gasteiger charge is -2.17. The van der Waals surface area contributed by atoms with Crippen LogP contribution in [0.15, 0.2) is 28.7 Å². The average Bonchev–Trinajstić information content (AvgIpc) is 2.96. The van der Waals surface area contributed by atoms with Crippen LogP contribution in [-0.4, -0.2) is 42.2 Å². The highest BCUT2D eigenvalue weighted by Gasteiger charge is 2.36. The number of carbonyl (C=O) groups excluding carboxylic acids is 1. The first-order chi connectivity index (χ1) is 11.3. The number of benzene rings is 1. The van der Waals surface area contributed by atoms with Crippen molar-refractivity contribution in [3.05, 3.63) is 30.0 Å². The molecule has 1 aliphatic rings. The van der Waals surface area contributed by atoms with E-state index in [0.717, 1.165) is 0 Å². The van der Waals surface area contributed by atoms with Crippen LogP contribution in [0.1, 0.15) is 17.5 Å². The number of furan rings is 1. The van der Waals surface area contributed by atoms with Crippen molar-refractivity contribution in [3.8, 4) is 0 Å². The van der Waals surface area contributed by atoms with Crippen LogP contribution < -0.4 is 10.6 Å². The molecule has 9 heteroatoms. The Kier molecular flexibility index (Phi) is 4.54. The third-order valence-electron chi connectivity index (χ3n) is 3.75. The second kappa shape index (κ2) is 6.34. The molecule has 1 aromatic heterocycles. The van der Waals surface area contributed by atoms with E-state index in [9.17, 15) is 13.2 Å². The summed E-state index contributed by atoms with van der Waals surface area (Å²) in [5, 5.41) is 6.21. The second-order valence-corrected chi connectivity index (χ2v) is 8.78. The van der Waals surface area contributed by atoms with Gasteiger partial charge in [-0.05, 0) is 24.4 Å². The minimum Gasteiger partial charge on any atom is -0.451 e. The molecule has 6 nitrogen and oxygen atoms in total. The maximum absolute atomic E-state index is 11.8. The van der Waals surface area contributed by atoms with Gasteiger partial charge in [-0.3, -0.25) is 4.79 Å². The Morgan fingerprint density at radius 2 is 2.04 bits per heavy atom. The van der Waals surface area contributed by atoms with Gasteiger partial charge in [-0.2, -0.15) is 0 Å². The molecule has 0 saturated carbocycles. The van der Waals surface area contributed by atoms with E-state index in [2.05, 4.69) is 10.6 Å². The Bertz CT molecular complexity index is 923. The van der Waals surface area contributed by atoms with Crippen LogP contribution >= 0.6 is 23.8 Å². The lowest BCUT2D eigenvalue weighted by atomic mass is 10.2. The number of sulfone groups is 1. The number of nitrogens with one attached hydrogen (secondary N) is 2. The van der Waals surface area contributed by atoms with Crippen molar-refractivity contribution >= 4 is 61.2 Å². The summed E-state index contributed by atoms with van der Waals surface area (Å²) in [4.78, 5) is 11.8. The summed E-state index contributed by atoms with van der Waals surface area (Å²) in [5.41, 5.74) is 1.02. The Hall–Kier alpha value is -1.64. The van der Waals surface area contributed by atoms with E-state index < -0.39 is 21.3 Å². The maximum Gasteiger partial charge on any atom is 0.197 e. The molecule has 128 valence electrons. The first-order valence-corrected chi connectivity index (χ1v) is 9.88. The Morgan fingerprint density at radius 1 is 1.33 bits per heavy atom. The van der Waals surface area contributed by atoms with Gasteiger partial charge in [0.15, 0.2) is 26.5 Å². The molecule has 1 saturated heterocycles. The summed E-state index contributed by atoms with van der Waals surface area (Å²) in [6, 6.07) is 6.71. The van der Waals surface area contributed by atoms with Crippen LogP contribution in [-0.2, 0) is 9.84 Å². The smallest absolute Gasteiger partial charge is 0.197 e. The topological polar surface area (TPSA) is 88.4 Å². The fourth-order valence-electron chi connectivity index (χ4n) is 2.67. The molecule has 0 bridgehead atoms. The van der Waals surface area contributed by atoms with Crippen LogP contribution in [0.25, 0.3) is 11.0 Å². The van der Waals surface area contributed by atoms with Crippen molar-refractivity contribution in [1.82, 2.24) is 5.32 Å². The summed E-state index contributed by atoms with van der Waals surface area (Å²) in [6.07, 6.45) is 0. The fourth-order valence-corrected chi connectivity index (χ4v) is 5.48. The van der Waals surface area contributed by atoms with Gasteiger partial charge in [0.2, 0.25) is 0 Å². The molecule has 2 aromatic rings. The van der Waals surface area contributed by atoms with Crippen molar-refractivity contribution in [2.24, 2.45) is 0 Å². The molecule has 1 aromatic carbocycles. The van der Waals surface area contributed by atoms with Crippen molar-refractivity contribution in [1.29, 1.82) is 0 Å². The maximum atomic E-state index is 11.8. The summed E-state index contributed by atoms with van der Waals surface area (Å²) in [5.74, 6) is -0.228. The molecule has 2 heterocycles. The lowest BCUT2D eigenvalue weighted by Crippen LogP contribution is -2.42. The van der Waals surface area contributed by atoms with Gasteiger partial charge in [-0.25, -0.2) is 8.42 Å². The number of ketones is 1. The lowest BCUT2D eigenvalue weighted by molar-refractivity contribution is 0.0990. The monoisotopic (exact) mass is 386 g/mol. The zero-order valence-corrected chi connectivity index (χ0v) is 15.1. The number of hydrogen-bond donors (Lipinski definition) is 2. The zero-order chi connectivity index (χ0) is 17.5. The fraction of sp³-hybridized carbons (Fsp3) is 0.333. The van der Waals surface area contributed by atoms with Gasteiger partial charge in [0.1, 0.15) is 5.58 Å². The van der Waals surface area contributed by atoms with E-state index >= 15 is 0 Å². The van der Waals surface area contributed by atoms with Crippen LogP contribution in [0.2, 0.25) is 0 Å². The third-order valence-corrected chi connectivity index (χ3v) is 6.35. The Balaban J connectivity index is 1.83. The Labute approximate surface area is 149 Å². The molecule has 1 fully saturated rings. The molecule has 1 aliphatic heterocycles. The number of Topliss-reactive ketones (excluding diaryl/α,β-unsaturated/α-hetero) is 1. The molecular formula is C15H15ClN2O4S2. The average molecular weight is 387 g/mol. The van der Waals surface area contributed by atoms with Gasteiger partial charge in [0.25, 0.3) is 0 Å². The number of fused-ring (bicyclic) bond motifs is 1. The van der Waals surface area contributed by atoms with E-state index in [1.807, 2.05) is 6.07 Å². The molecule has 3 rings (SSSR count). The molecule has 0 spiro atoms. The predicted octanol–water partition coefficient (Wildman–Crippen LogP) is 2.33. The van der Waals surface area contributed by atoms with Crippen LogP contribution in [0.5, 0.6) is 0 Å². The van der Waals surface area contributed by atoms with Gasteiger partial charge >= 0.3 is 0 Å². The molecule has 0 radical (unpaired) electrons. The van der Waals surface area contributed by atoms with Gasteiger partial charge in [0.05, 0.1) is 28.6 Å². The van der Waals surface area contributed by atoms with E-state index in [1.54, 1.807) is 18.2 Å². The molecule has 0 aliphatic carbocycles. The highest BCUT2D eigenvalue weighted by Crippen LogP contribution is 2.31. The summed E-state index contributed by atoms with van der Waals surface area (Å²) < 4.78 is 28.8. The minimum atomic E-state index is -3.16. The Morgan fingerprint density at radius 3 is 2.67 bits per heavy atom. The predicted molar refractivity (Wildman–Crippen MR) is 97.7 cm³/mol. The van der Waals surface area contributed by atoms with E-state index in [-0.39, 0.29) is 28.2 Å². The molecule has 2 N–H and O–H groups in total. The number of para-hydroxylation sites is 1. The van der Waals surface area contributed by atoms with Crippen molar-refractivity contribution in [3.63, 3.8) is 0 Å². The normalized spacial score (nSPS) is 22.4. The summed E-state index contributed by atoms with van der Waals surface area (Å²) in [6.45, 7) is 1.40. The number of halogens is 1. The number of hydrogen-bond acceptors (Lipinski definition) is 5. The zero-order valence-electron chi connectivity index (χ0n) is 12.7. The summed E-state index contributed by atoms with van der Waals surface area (Å²) >= 11 is 11.3. The van der Waals surface area contributed by atoms with Gasteiger partial charge in [-0.15, -0.1) is 11.6 Å². The number of alkyl halides is 1. The second-order valence-electron chi connectivity index (χ2n) is 5.66. The van der Waals surface area contributed by atoms with E-state index in [1.165, 1.54) is 6.92 Å². The van der Waals surface area contributed by atoms with Crippen molar-refractivity contribution in [2.75, 3.05) is 16.8 Å². The highest BCUT2D eigenvalue weighted by molar-refractivity contribution is 7.91. The van der Waals surface area contributed by atoms with Crippen LogP contribution in [0.4, 0.5) is 5.69 Å². The molecule has 0 amide bonds. The van der Waals surface area contributed by atoms with Gasteiger partial charge in [-0.1, -0.05) is 12.1 Å². The minimum absolute atomic E-state index is 0.0747. The largest absolute Gasteiger partial charge is 0.451 e. The molecule has 2 unspecified atom stereocenters. The number of rotatable bonds is 3. The van der Waals surface area contributed by atoms with Crippen molar-refractivity contribution < 1.29 is 17.6 Å². The van der Waals surface area contributed by atoms with Crippen molar-refractivity contribution in [2.45, 2.75) is 18.3 Å². The third kappa shape index (κ3) is 3.40. The quantitative estimate of drug-likeness (QED) is 0.475. The standard InChI is InChI=1S/C15H15ClN2O4S2/c1-8(19)14-13(9-4-2-3-5-12(9)22-14)18-15(23)17-11-7-24(20,21)6-10(11)16/h2-5,10-11H,6-7H2,1H3,(H2,17,18,23). The van der Waals surface area contributed by atoms with Gasteiger partial charge < -0.3 is 15.1 Å². The SMILES string of the molecule is CC(=O)c1oc2ccccc2c1NC(=S)NC1CS(=O)(=O)CC1Cl. The number of thiocarbonyl (C=S) groups is 1. The highest BCUT2D eigenvalue weighted by atomic mass is 35.5. The van der Waals surface area contributed by atoms with Crippen LogP contribution in [0.3, 0.4) is 0 Å². The first kappa shape index (κ1) is 17.2. The number of carbonyl (C=O) groups is 1. The van der Waals surface area contributed by atoms with E-state index in [0.29, 0.717) is 16.7 Å². The summed E-state index contributed by atoms with van der Waals surface area (Å²) in [7, 11) is -3.16. The number of anilines is 1. The molecule has 24 heavy (non-hydrogen) atoms. The van der Waals surface area contributed by atoms with E-state index in [4.69, 9.17) is 28.2 Å². The molecule has 2 atom stereocenters. The molecular weight excluding hydrogens is 372 g/mol. The van der Waals surface area contributed by atoms with Gasteiger partial charge in [0, 0.05) is 12.3 Å². The van der Waals surface area contributed by atoms with Crippen LogP contribution in [0, 0.1) is 0 Å².